The van der Waals surface area contributed by atoms with Crippen molar-refractivity contribution in [3.8, 4) is 0 Å². The topological polar surface area (TPSA) is 15.3 Å². The minimum absolute atomic E-state index is 0. The fourth-order valence-electron chi connectivity index (χ4n) is 3.23. The first kappa shape index (κ1) is 19.3. The molecule has 0 bridgehead atoms. The quantitative estimate of drug-likeness (QED) is 0.820. The third kappa shape index (κ3) is 4.37. The van der Waals surface area contributed by atoms with Crippen LogP contribution in [0, 0.1) is 23.4 Å². The summed E-state index contributed by atoms with van der Waals surface area (Å²) in [6.45, 7) is 7.24. The number of hydrogen-bond donors (Lipinski definition) is 1. The molecule has 2 nitrogen and oxygen atoms in total. The highest BCUT2D eigenvalue weighted by atomic mass is 35.5. The Morgan fingerprint density at radius 3 is 2.41 bits per heavy atom. The second-order valence-electron chi connectivity index (χ2n) is 5.79. The van der Waals surface area contributed by atoms with Crippen molar-refractivity contribution in [1.82, 2.24) is 10.2 Å². The Labute approximate surface area is 136 Å². The van der Waals surface area contributed by atoms with E-state index in [2.05, 4.69) is 17.1 Å². The highest BCUT2D eigenvalue weighted by Crippen LogP contribution is 2.34. The largest absolute Gasteiger partial charge is 0.314 e. The molecule has 0 spiro atoms. The Morgan fingerprint density at radius 2 is 1.82 bits per heavy atom. The molecule has 1 heterocycles. The van der Waals surface area contributed by atoms with E-state index in [1.54, 1.807) is 0 Å². The zero-order chi connectivity index (χ0) is 15.4. The lowest BCUT2D eigenvalue weighted by atomic mass is 9.88. The summed E-state index contributed by atoms with van der Waals surface area (Å²) in [6, 6.07) is 1.48. The van der Waals surface area contributed by atoms with E-state index in [1.165, 1.54) is 0 Å². The molecule has 2 rings (SSSR count). The van der Waals surface area contributed by atoms with Gasteiger partial charge in [0.1, 0.15) is 5.82 Å². The molecule has 1 aliphatic heterocycles. The van der Waals surface area contributed by atoms with Crippen molar-refractivity contribution in [2.24, 2.45) is 5.92 Å². The van der Waals surface area contributed by atoms with Crippen molar-refractivity contribution in [1.29, 1.82) is 0 Å². The van der Waals surface area contributed by atoms with Gasteiger partial charge in [0.05, 0.1) is 0 Å². The Bertz CT molecular complexity index is 479. The van der Waals surface area contributed by atoms with Gasteiger partial charge in [-0.05, 0) is 18.4 Å². The van der Waals surface area contributed by atoms with Crippen molar-refractivity contribution in [2.75, 3.05) is 26.2 Å². The Kier molecular flexibility index (Phi) is 7.66. The van der Waals surface area contributed by atoms with Gasteiger partial charge in [0.15, 0.2) is 11.6 Å². The van der Waals surface area contributed by atoms with Gasteiger partial charge in [-0.2, -0.15) is 0 Å². The second kappa shape index (κ2) is 8.75. The molecule has 1 unspecified atom stereocenters. The normalized spacial score (nSPS) is 18.6. The fourth-order valence-corrected chi connectivity index (χ4v) is 3.23. The second-order valence-corrected chi connectivity index (χ2v) is 5.79. The molecule has 0 saturated carbocycles. The number of nitrogens with zero attached hydrogens (tertiary/aromatic N) is 1. The molecule has 2 atom stereocenters. The van der Waals surface area contributed by atoms with Crippen molar-refractivity contribution in [2.45, 2.75) is 32.7 Å². The lowest BCUT2D eigenvalue weighted by molar-refractivity contribution is 0.122. The van der Waals surface area contributed by atoms with E-state index in [-0.39, 0.29) is 29.9 Å². The van der Waals surface area contributed by atoms with E-state index in [1.807, 2.05) is 6.92 Å². The maximum atomic E-state index is 14.2. The molecule has 1 aliphatic rings. The van der Waals surface area contributed by atoms with Crippen LogP contribution in [-0.2, 0) is 0 Å². The lowest BCUT2D eigenvalue weighted by Crippen LogP contribution is -2.47. The monoisotopic (exact) mass is 336 g/mol. The Balaban J connectivity index is 0.00000242. The van der Waals surface area contributed by atoms with Crippen LogP contribution >= 0.6 is 12.4 Å². The predicted octanol–water partition coefficient (Wildman–Crippen LogP) is 3.91. The molecule has 0 aromatic heterocycles. The molecule has 1 aromatic carbocycles. The number of hydrogen-bond acceptors (Lipinski definition) is 2. The van der Waals surface area contributed by atoms with Gasteiger partial charge in [0, 0.05) is 43.9 Å². The van der Waals surface area contributed by atoms with Crippen molar-refractivity contribution in [3.05, 3.63) is 35.1 Å². The summed E-state index contributed by atoms with van der Waals surface area (Å²) in [4.78, 5) is 2.13. The van der Waals surface area contributed by atoms with Crippen LogP contribution in [0.2, 0.25) is 0 Å². The van der Waals surface area contributed by atoms with Gasteiger partial charge < -0.3 is 5.32 Å². The third-order valence-corrected chi connectivity index (χ3v) is 4.17. The van der Waals surface area contributed by atoms with Crippen LogP contribution in [0.1, 0.15) is 38.3 Å². The van der Waals surface area contributed by atoms with Crippen LogP contribution in [0.25, 0.3) is 0 Å². The molecule has 0 amide bonds. The minimum Gasteiger partial charge on any atom is -0.314 e. The summed E-state index contributed by atoms with van der Waals surface area (Å²) in [5, 5.41) is 3.25. The van der Waals surface area contributed by atoms with E-state index >= 15 is 0 Å². The summed E-state index contributed by atoms with van der Waals surface area (Å²) in [6.07, 6.45) is 1.86. The number of benzene rings is 1. The third-order valence-electron chi connectivity index (χ3n) is 4.17. The SMILES string of the molecule is CCCC(C)[C@H](c1cc(F)cc(F)c1F)N1CCNCC1.Cl. The summed E-state index contributed by atoms with van der Waals surface area (Å²) < 4.78 is 41.3. The maximum absolute atomic E-state index is 14.2. The van der Waals surface area contributed by atoms with E-state index < -0.39 is 17.5 Å². The van der Waals surface area contributed by atoms with E-state index in [4.69, 9.17) is 0 Å². The van der Waals surface area contributed by atoms with Gasteiger partial charge in [-0.15, -0.1) is 12.4 Å². The number of piperazine rings is 1. The number of rotatable bonds is 5. The first-order chi connectivity index (χ1) is 10.0. The molecule has 1 N–H and O–H groups in total. The summed E-state index contributed by atoms with van der Waals surface area (Å²) >= 11 is 0. The zero-order valence-electron chi connectivity index (χ0n) is 13.0. The smallest absolute Gasteiger partial charge is 0.163 e. The standard InChI is InChI=1S/C16H23F3N2.ClH/c1-3-4-11(2)16(21-7-5-20-6-8-21)13-9-12(17)10-14(18)15(13)19;/h9-11,16,20H,3-8H2,1-2H3;1H/t11?,16-;/m1./s1. The molecule has 1 saturated heterocycles. The zero-order valence-corrected chi connectivity index (χ0v) is 13.9. The number of nitrogens with one attached hydrogen (secondary N) is 1. The average Bonchev–Trinajstić information content (AvgIpc) is 2.46. The van der Waals surface area contributed by atoms with Crippen LogP contribution in [-0.4, -0.2) is 31.1 Å². The van der Waals surface area contributed by atoms with Gasteiger partial charge in [-0.25, -0.2) is 13.2 Å². The van der Waals surface area contributed by atoms with Gasteiger partial charge in [-0.1, -0.05) is 20.3 Å². The average molecular weight is 337 g/mol. The van der Waals surface area contributed by atoms with Crippen LogP contribution in [0.3, 0.4) is 0 Å². The molecule has 126 valence electrons. The minimum atomic E-state index is -1.10. The van der Waals surface area contributed by atoms with Crippen molar-refractivity contribution in [3.63, 3.8) is 0 Å². The number of halogens is 4. The summed E-state index contributed by atoms with van der Waals surface area (Å²) in [5.41, 5.74) is 0.148. The molecule has 0 radical (unpaired) electrons. The van der Waals surface area contributed by atoms with Crippen molar-refractivity contribution < 1.29 is 13.2 Å². The maximum Gasteiger partial charge on any atom is 0.163 e. The van der Waals surface area contributed by atoms with Gasteiger partial charge in [0.2, 0.25) is 0 Å². The molecule has 1 fully saturated rings. The Morgan fingerprint density at radius 1 is 1.18 bits per heavy atom. The van der Waals surface area contributed by atoms with Gasteiger partial charge in [-0.3, -0.25) is 4.90 Å². The highest BCUT2D eigenvalue weighted by molar-refractivity contribution is 5.85. The lowest BCUT2D eigenvalue weighted by Gasteiger charge is -2.38. The fraction of sp³-hybridized carbons (Fsp3) is 0.625. The first-order valence-corrected chi connectivity index (χ1v) is 7.63. The van der Waals surface area contributed by atoms with Crippen LogP contribution in [0.5, 0.6) is 0 Å². The summed E-state index contributed by atoms with van der Waals surface area (Å²) in [5.74, 6) is -2.59. The highest BCUT2D eigenvalue weighted by Gasteiger charge is 2.30. The Hall–Kier alpha value is -0.780. The molecular formula is C16H24ClF3N2. The van der Waals surface area contributed by atoms with E-state index in [0.717, 1.165) is 45.1 Å². The first-order valence-electron chi connectivity index (χ1n) is 7.63. The summed E-state index contributed by atoms with van der Waals surface area (Å²) in [7, 11) is 0. The molecule has 0 aliphatic carbocycles. The van der Waals surface area contributed by atoms with Gasteiger partial charge >= 0.3 is 0 Å². The van der Waals surface area contributed by atoms with E-state index in [9.17, 15) is 13.2 Å². The van der Waals surface area contributed by atoms with Crippen molar-refractivity contribution >= 4 is 12.4 Å². The molecule has 1 aromatic rings. The van der Waals surface area contributed by atoms with Crippen LogP contribution in [0.4, 0.5) is 13.2 Å². The molecule has 22 heavy (non-hydrogen) atoms. The predicted molar refractivity (Wildman–Crippen MR) is 84.8 cm³/mol. The molecule has 6 heteroatoms. The van der Waals surface area contributed by atoms with E-state index in [0.29, 0.717) is 6.07 Å². The van der Waals surface area contributed by atoms with Crippen LogP contribution < -0.4 is 5.32 Å². The van der Waals surface area contributed by atoms with Gasteiger partial charge in [0.25, 0.3) is 0 Å². The van der Waals surface area contributed by atoms with Crippen LogP contribution in [0.15, 0.2) is 12.1 Å². The molecular weight excluding hydrogens is 313 g/mol.